The van der Waals surface area contributed by atoms with E-state index in [4.69, 9.17) is 9.73 Å². The minimum atomic E-state index is 0.0812. The molecule has 194 valence electrons. The van der Waals surface area contributed by atoms with Crippen molar-refractivity contribution < 1.29 is 9.53 Å². The van der Waals surface area contributed by atoms with Crippen LogP contribution in [0.1, 0.15) is 63.1 Å². The minimum absolute atomic E-state index is 0.0812. The van der Waals surface area contributed by atoms with Crippen LogP contribution in [0, 0.1) is 31.6 Å². The fraction of sp³-hybridized carbons (Fsp3) is 0.724. The lowest BCUT2D eigenvalue weighted by molar-refractivity contribution is -0.126. The molecule has 0 saturated carbocycles. The van der Waals surface area contributed by atoms with Crippen molar-refractivity contribution in [2.45, 2.75) is 72.4 Å². The van der Waals surface area contributed by atoms with Crippen LogP contribution >= 0.6 is 0 Å². The third-order valence-electron chi connectivity index (χ3n) is 7.89. The van der Waals surface area contributed by atoms with E-state index in [1.807, 2.05) is 0 Å². The molecule has 0 spiro atoms. The summed E-state index contributed by atoms with van der Waals surface area (Å²) in [5, 5.41) is 3.22. The van der Waals surface area contributed by atoms with E-state index < -0.39 is 0 Å². The van der Waals surface area contributed by atoms with Crippen LogP contribution in [-0.4, -0.2) is 79.6 Å². The highest BCUT2D eigenvalue weighted by molar-refractivity contribution is 5.95. The maximum Gasteiger partial charge on any atom is 0.223 e. The third-order valence-corrected chi connectivity index (χ3v) is 7.89. The summed E-state index contributed by atoms with van der Waals surface area (Å²) in [6, 6.07) is 6.63. The van der Waals surface area contributed by atoms with Gasteiger partial charge in [-0.1, -0.05) is 31.0 Å². The van der Waals surface area contributed by atoms with E-state index in [9.17, 15) is 4.79 Å². The number of hydrogen-bond donors (Lipinski definition) is 1. The Morgan fingerprint density at radius 2 is 1.69 bits per heavy atom. The maximum atomic E-state index is 12.7. The Kier molecular flexibility index (Phi) is 8.87. The van der Waals surface area contributed by atoms with Gasteiger partial charge in [-0.25, -0.2) is 4.99 Å². The van der Waals surface area contributed by atoms with Crippen molar-refractivity contribution in [2.75, 3.05) is 45.8 Å². The van der Waals surface area contributed by atoms with Crippen LogP contribution in [0.2, 0.25) is 0 Å². The molecule has 0 aliphatic carbocycles. The first-order chi connectivity index (χ1) is 16.8. The maximum absolute atomic E-state index is 12.7. The van der Waals surface area contributed by atoms with E-state index in [0.717, 1.165) is 75.3 Å². The molecule has 3 aliphatic rings. The molecule has 1 aromatic rings. The van der Waals surface area contributed by atoms with Crippen LogP contribution in [0.25, 0.3) is 0 Å². The normalized spacial score (nSPS) is 28.5. The molecule has 2 saturated heterocycles. The number of carbonyl (C=O) groups excluding carboxylic acids is 1. The first-order valence-electron chi connectivity index (χ1n) is 13.8. The van der Waals surface area contributed by atoms with Gasteiger partial charge < -0.3 is 19.9 Å². The Morgan fingerprint density at radius 3 is 2.34 bits per heavy atom. The van der Waals surface area contributed by atoms with Gasteiger partial charge in [-0.3, -0.25) is 4.79 Å². The highest BCUT2D eigenvalue weighted by Gasteiger charge is 2.32. The predicted octanol–water partition coefficient (Wildman–Crippen LogP) is 4.03. The molecule has 2 unspecified atom stereocenters. The molecule has 2 fully saturated rings. The summed E-state index contributed by atoms with van der Waals surface area (Å²) in [7, 11) is 0. The van der Waals surface area contributed by atoms with Crippen LogP contribution in [0.4, 0.5) is 0 Å². The minimum Gasteiger partial charge on any atom is -0.472 e. The van der Waals surface area contributed by atoms with Crippen molar-refractivity contribution in [2.24, 2.45) is 22.7 Å². The van der Waals surface area contributed by atoms with E-state index in [-0.39, 0.29) is 24.0 Å². The lowest BCUT2D eigenvalue weighted by Crippen LogP contribution is -2.44. The molecule has 6 heteroatoms. The van der Waals surface area contributed by atoms with Gasteiger partial charge in [-0.05, 0) is 90.1 Å². The van der Waals surface area contributed by atoms with Gasteiger partial charge in [-0.15, -0.1) is 0 Å². The lowest BCUT2D eigenvalue weighted by Gasteiger charge is -2.35. The molecular formula is C29H46N4O2. The molecule has 1 N–H and O–H groups in total. The zero-order chi connectivity index (χ0) is 24.9. The third kappa shape index (κ3) is 7.29. The molecule has 0 bridgehead atoms. The van der Waals surface area contributed by atoms with E-state index in [1.54, 1.807) is 0 Å². The SMILES string of the molecule is Cc1cc(C)cc(C2=NC(CN3CCC(C(=O)NCCCN4C[C@H](C)C[C@H](C)C4)CC3)C(C)O2)c1. The topological polar surface area (TPSA) is 57.2 Å². The van der Waals surface area contributed by atoms with Crippen LogP contribution in [0.5, 0.6) is 0 Å². The summed E-state index contributed by atoms with van der Waals surface area (Å²) in [5.74, 6) is 2.75. The van der Waals surface area contributed by atoms with Gasteiger partial charge >= 0.3 is 0 Å². The first-order valence-corrected chi connectivity index (χ1v) is 13.8. The Bertz CT molecular complexity index is 862. The molecule has 4 atom stereocenters. The van der Waals surface area contributed by atoms with Gasteiger partial charge in [0.05, 0.1) is 0 Å². The van der Waals surface area contributed by atoms with Crippen molar-refractivity contribution >= 4 is 11.8 Å². The number of nitrogens with one attached hydrogen (secondary N) is 1. The van der Waals surface area contributed by atoms with Crippen molar-refractivity contribution in [1.82, 2.24) is 15.1 Å². The molecule has 1 amide bonds. The summed E-state index contributed by atoms with van der Waals surface area (Å²) in [6.45, 7) is 18.2. The fourth-order valence-corrected chi connectivity index (χ4v) is 6.25. The number of amides is 1. The molecular weight excluding hydrogens is 436 g/mol. The number of piperidine rings is 2. The van der Waals surface area contributed by atoms with Gasteiger partial charge in [0.1, 0.15) is 12.1 Å². The van der Waals surface area contributed by atoms with Crippen LogP contribution in [0.3, 0.4) is 0 Å². The molecule has 4 rings (SSSR count). The van der Waals surface area contributed by atoms with Gasteiger partial charge in [0, 0.05) is 37.7 Å². The Hall–Kier alpha value is -1.92. The van der Waals surface area contributed by atoms with E-state index in [1.165, 1.54) is 30.6 Å². The van der Waals surface area contributed by atoms with Crippen molar-refractivity contribution in [1.29, 1.82) is 0 Å². The number of hydrogen-bond acceptors (Lipinski definition) is 5. The number of nitrogens with zero attached hydrogens (tertiary/aromatic N) is 3. The number of ether oxygens (including phenoxy) is 1. The number of aliphatic imine (C=N–C) groups is 1. The second kappa shape index (κ2) is 11.9. The second-order valence-corrected chi connectivity index (χ2v) is 11.6. The van der Waals surface area contributed by atoms with Gasteiger partial charge in [0.15, 0.2) is 0 Å². The quantitative estimate of drug-likeness (QED) is 0.569. The van der Waals surface area contributed by atoms with Gasteiger partial charge in [-0.2, -0.15) is 0 Å². The zero-order valence-corrected chi connectivity index (χ0v) is 22.6. The predicted molar refractivity (Wildman–Crippen MR) is 143 cm³/mol. The Labute approximate surface area is 212 Å². The van der Waals surface area contributed by atoms with Crippen LogP contribution in [0.15, 0.2) is 23.2 Å². The smallest absolute Gasteiger partial charge is 0.223 e. The number of aryl methyl sites for hydroxylation is 2. The molecule has 3 heterocycles. The molecule has 0 radical (unpaired) electrons. The summed E-state index contributed by atoms with van der Waals surface area (Å²) >= 11 is 0. The van der Waals surface area contributed by atoms with Gasteiger partial charge in [0.25, 0.3) is 0 Å². The Morgan fingerprint density at radius 1 is 1.03 bits per heavy atom. The number of rotatable bonds is 8. The number of carbonyl (C=O) groups is 1. The van der Waals surface area contributed by atoms with E-state index in [2.05, 4.69) is 67.9 Å². The largest absolute Gasteiger partial charge is 0.472 e. The van der Waals surface area contributed by atoms with Crippen molar-refractivity contribution in [3.63, 3.8) is 0 Å². The van der Waals surface area contributed by atoms with Crippen molar-refractivity contribution in [3.8, 4) is 0 Å². The standard InChI is InChI=1S/C29H46N4O2/c1-20-13-21(2)16-26(15-20)29-31-27(24(5)35-29)19-32-11-7-25(8-12-32)28(34)30-9-6-10-33-17-22(3)14-23(4)18-33/h13,15-16,22-25,27H,6-12,14,17-19H2,1-5H3,(H,30,34)/t22-,23+,24?,27?. The highest BCUT2D eigenvalue weighted by atomic mass is 16.5. The average Bonchev–Trinajstić information content (AvgIpc) is 3.16. The highest BCUT2D eigenvalue weighted by Crippen LogP contribution is 2.24. The molecule has 3 aliphatic heterocycles. The second-order valence-electron chi connectivity index (χ2n) is 11.6. The van der Waals surface area contributed by atoms with E-state index >= 15 is 0 Å². The molecule has 6 nitrogen and oxygen atoms in total. The lowest BCUT2D eigenvalue weighted by atomic mass is 9.92. The molecule has 0 aromatic heterocycles. The molecule has 1 aromatic carbocycles. The average molecular weight is 483 g/mol. The fourth-order valence-electron chi connectivity index (χ4n) is 6.25. The summed E-state index contributed by atoms with van der Waals surface area (Å²) in [5.41, 5.74) is 3.55. The zero-order valence-electron chi connectivity index (χ0n) is 22.6. The summed E-state index contributed by atoms with van der Waals surface area (Å²) < 4.78 is 6.14. The monoisotopic (exact) mass is 482 g/mol. The Balaban J connectivity index is 1.17. The van der Waals surface area contributed by atoms with E-state index in [0.29, 0.717) is 0 Å². The first kappa shape index (κ1) is 26.2. The van der Waals surface area contributed by atoms with Crippen LogP contribution in [-0.2, 0) is 9.53 Å². The summed E-state index contributed by atoms with van der Waals surface area (Å²) in [6.07, 6.45) is 4.34. The number of likely N-dealkylation sites (tertiary alicyclic amines) is 2. The van der Waals surface area contributed by atoms with Crippen molar-refractivity contribution in [3.05, 3.63) is 34.9 Å². The summed E-state index contributed by atoms with van der Waals surface area (Å²) in [4.78, 5) is 22.7. The van der Waals surface area contributed by atoms with Crippen LogP contribution < -0.4 is 5.32 Å². The van der Waals surface area contributed by atoms with Gasteiger partial charge in [0.2, 0.25) is 11.8 Å². The number of benzene rings is 1. The molecule has 35 heavy (non-hydrogen) atoms.